The Kier molecular flexibility index (Phi) is 2.42. The normalized spacial score (nSPS) is 14.6. The van der Waals surface area contributed by atoms with Gasteiger partial charge in [-0.2, -0.15) is 5.26 Å². The number of fused-ring (bicyclic) bond motifs is 1. The van der Waals surface area contributed by atoms with Gasteiger partial charge in [-0.25, -0.2) is 9.97 Å². The largest absolute Gasteiger partial charge is 0.376 e. The topological polar surface area (TPSA) is 58.8 Å². The highest BCUT2D eigenvalue weighted by Crippen LogP contribution is 2.18. The van der Waals surface area contributed by atoms with Crippen LogP contribution in [0, 0.1) is 18.3 Å². The van der Waals surface area contributed by atoms with E-state index < -0.39 is 0 Å². The third kappa shape index (κ3) is 1.59. The number of ether oxygens (including phenoxy) is 1. The lowest BCUT2D eigenvalue weighted by atomic mass is 10.1. The van der Waals surface area contributed by atoms with E-state index in [9.17, 15) is 0 Å². The van der Waals surface area contributed by atoms with E-state index in [1.54, 1.807) is 0 Å². The Morgan fingerprint density at radius 3 is 3.14 bits per heavy atom. The SMILES string of the molecule is Cc1nc(CC#N)c2c(n1)CCOC2. The lowest BCUT2D eigenvalue weighted by Crippen LogP contribution is -2.16. The summed E-state index contributed by atoms with van der Waals surface area (Å²) in [4.78, 5) is 8.62. The molecule has 0 aliphatic carbocycles. The first-order valence-corrected chi connectivity index (χ1v) is 4.61. The molecule has 0 saturated carbocycles. The summed E-state index contributed by atoms with van der Waals surface area (Å²) in [5, 5.41) is 8.66. The van der Waals surface area contributed by atoms with Gasteiger partial charge in [-0.1, -0.05) is 0 Å². The molecule has 1 aliphatic heterocycles. The van der Waals surface area contributed by atoms with Crippen molar-refractivity contribution in [1.29, 1.82) is 5.26 Å². The Hall–Kier alpha value is -1.47. The summed E-state index contributed by atoms with van der Waals surface area (Å²) in [6, 6.07) is 2.12. The molecule has 0 spiro atoms. The average Bonchev–Trinajstić information content (AvgIpc) is 2.18. The van der Waals surface area contributed by atoms with Gasteiger partial charge in [0.1, 0.15) is 5.82 Å². The molecule has 0 saturated heterocycles. The first-order chi connectivity index (χ1) is 6.81. The summed E-state index contributed by atoms with van der Waals surface area (Å²) in [5.41, 5.74) is 2.90. The number of nitrogens with zero attached hydrogens (tertiary/aromatic N) is 3. The summed E-state index contributed by atoms with van der Waals surface area (Å²) >= 11 is 0. The molecule has 0 atom stereocenters. The number of aryl methyl sites for hydroxylation is 1. The first kappa shape index (κ1) is 9.10. The molecule has 14 heavy (non-hydrogen) atoms. The smallest absolute Gasteiger partial charge is 0.125 e. The summed E-state index contributed by atoms with van der Waals surface area (Å²) < 4.78 is 5.33. The maximum absolute atomic E-state index is 8.66. The number of rotatable bonds is 1. The van der Waals surface area contributed by atoms with E-state index in [0.29, 0.717) is 13.0 Å². The molecule has 72 valence electrons. The van der Waals surface area contributed by atoms with Crippen LogP contribution in [-0.4, -0.2) is 16.6 Å². The molecule has 4 heteroatoms. The van der Waals surface area contributed by atoms with Gasteiger partial charge in [0, 0.05) is 12.0 Å². The van der Waals surface area contributed by atoms with Crippen molar-refractivity contribution < 1.29 is 4.74 Å². The number of aromatic nitrogens is 2. The summed E-state index contributed by atoms with van der Waals surface area (Å²) in [7, 11) is 0. The van der Waals surface area contributed by atoms with E-state index in [1.165, 1.54) is 0 Å². The minimum atomic E-state index is 0.342. The monoisotopic (exact) mass is 189 g/mol. The van der Waals surface area contributed by atoms with Gasteiger partial charge in [0.15, 0.2) is 0 Å². The molecule has 0 aromatic carbocycles. The molecule has 0 amide bonds. The first-order valence-electron chi connectivity index (χ1n) is 4.61. The molecular formula is C10H11N3O. The third-order valence-corrected chi connectivity index (χ3v) is 2.27. The maximum Gasteiger partial charge on any atom is 0.125 e. The summed E-state index contributed by atoms with van der Waals surface area (Å²) in [6.07, 6.45) is 1.17. The van der Waals surface area contributed by atoms with Gasteiger partial charge in [0.05, 0.1) is 37.1 Å². The maximum atomic E-state index is 8.66. The molecule has 0 bridgehead atoms. The second-order valence-electron chi connectivity index (χ2n) is 3.28. The van der Waals surface area contributed by atoms with Crippen LogP contribution in [0.5, 0.6) is 0 Å². The Balaban J connectivity index is 2.48. The molecule has 1 aromatic heterocycles. The minimum absolute atomic E-state index is 0.342. The van der Waals surface area contributed by atoms with Crippen LogP contribution < -0.4 is 0 Å². The number of nitriles is 1. The van der Waals surface area contributed by atoms with Crippen LogP contribution in [0.25, 0.3) is 0 Å². The zero-order valence-corrected chi connectivity index (χ0v) is 8.08. The molecule has 2 rings (SSSR count). The lowest BCUT2D eigenvalue weighted by Gasteiger charge is -2.17. The Morgan fingerprint density at radius 2 is 2.36 bits per heavy atom. The van der Waals surface area contributed by atoms with Crippen molar-refractivity contribution in [2.75, 3.05) is 6.61 Å². The molecule has 2 heterocycles. The van der Waals surface area contributed by atoms with E-state index in [1.807, 2.05) is 6.92 Å². The predicted molar refractivity (Wildman–Crippen MR) is 49.4 cm³/mol. The van der Waals surface area contributed by atoms with E-state index in [-0.39, 0.29) is 0 Å². The average molecular weight is 189 g/mol. The van der Waals surface area contributed by atoms with Crippen LogP contribution in [0.2, 0.25) is 0 Å². The Labute approximate surface area is 82.6 Å². The van der Waals surface area contributed by atoms with Gasteiger partial charge in [0.25, 0.3) is 0 Å². The fraction of sp³-hybridized carbons (Fsp3) is 0.500. The third-order valence-electron chi connectivity index (χ3n) is 2.27. The van der Waals surface area contributed by atoms with Gasteiger partial charge in [0.2, 0.25) is 0 Å². The van der Waals surface area contributed by atoms with E-state index in [4.69, 9.17) is 10.00 Å². The number of hydrogen-bond donors (Lipinski definition) is 0. The van der Waals surface area contributed by atoms with E-state index >= 15 is 0 Å². The van der Waals surface area contributed by atoms with Crippen molar-refractivity contribution in [2.24, 2.45) is 0 Å². The van der Waals surface area contributed by atoms with E-state index in [0.717, 1.165) is 35.8 Å². The minimum Gasteiger partial charge on any atom is -0.376 e. The van der Waals surface area contributed by atoms with Gasteiger partial charge >= 0.3 is 0 Å². The van der Waals surface area contributed by atoms with Crippen molar-refractivity contribution in [1.82, 2.24) is 9.97 Å². The fourth-order valence-electron chi connectivity index (χ4n) is 1.65. The molecule has 4 nitrogen and oxygen atoms in total. The second kappa shape index (κ2) is 3.72. The van der Waals surface area contributed by atoms with Crippen LogP contribution in [0.1, 0.15) is 22.8 Å². The predicted octanol–water partition coefficient (Wildman–Crippen LogP) is 0.924. The van der Waals surface area contributed by atoms with Gasteiger partial charge in [-0.15, -0.1) is 0 Å². The van der Waals surface area contributed by atoms with Gasteiger partial charge < -0.3 is 4.74 Å². The quantitative estimate of drug-likeness (QED) is 0.659. The standard InChI is InChI=1S/C10H11N3O/c1-7-12-9(2-4-11)8-6-14-5-3-10(8)13-7/h2-3,5-6H2,1H3. The molecule has 1 aliphatic rings. The molecule has 1 aromatic rings. The zero-order chi connectivity index (χ0) is 9.97. The van der Waals surface area contributed by atoms with Gasteiger partial charge in [-0.3, -0.25) is 0 Å². The van der Waals surface area contributed by atoms with Crippen molar-refractivity contribution in [2.45, 2.75) is 26.4 Å². The highest BCUT2D eigenvalue weighted by Gasteiger charge is 2.16. The van der Waals surface area contributed by atoms with Crippen LogP contribution in [0.3, 0.4) is 0 Å². The molecule has 0 radical (unpaired) electrons. The molecule has 0 unspecified atom stereocenters. The lowest BCUT2D eigenvalue weighted by molar-refractivity contribution is 0.108. The highest BCUT2D eigenvalue weighted by molar-refractivity contribution is 5.28. The van der Waals surface area contributed by atoms with Crippen LogP contribution >= 0.6 is 0 Å². The highest BCUT2D eigenvalue weighted by atomic mass is 16.5. The fourth-order valence-corrected chi connectivity index (χ4v) is 1.65. The van der Waals surface area contributed by atoms with Crippen LogP contribution in [0.15, 0.2) is 0 Å². The van der Waals surface area contributed by atoms with E-state index in [2.05, 4.69) is 16.0 Å². The van der Waals surface area contributed by atoms with Crippen LogP contribution in [0.4, 0.5) is 0 Å². The second-order valence-corrected chi connectivity index (χ2v) is 3.28. The molecular weight excluding hydrogens is 178 g/mol. The zero-order valence-electron chi connectivity index (χ0n) is 8.08. The van der Waals surface area contributed by atoms with Gasteiger partial charge in [-0.05, 0) is 6.92 Å². The Bertz CT molecular complexity index is 395. The van der Waals surface area contributed by atoms with Crippen molar-refractivity contribution in [3.63, 3.8) is 0 Å². The summed E-state index contributed by atoms with van der Waals surface area (Å²) in [6.45, 7) is 3.12. The van der Waals surface area contributed by atoms with Crippen molar-refractivity contribution >= 4 is 0 Å². The molecule has 0 N–H and O–H groups in total. The van der Waals surface area contributed by atoms with Crippen molar-refractivity contribution in [3.8, 4) is 6.07 Å². The van der Waals surface area contributed by atoms with Crippen molar-refractivity contribution in [3.05, 3.63) is 22.8 Å². The molecule has 0 fully saturated rings. The van der Waals surface area contributed by atoms with Crippen LogP contribution in [-0.2, 0) is 24.2 Å². The Morgan fingerprint density at radius 1 is 1.50 bits per heavy atom. The number of hydrogen-bond acceptors (Lipinski definition) is 4. The summed E-state index contributed by atoms with van der Waals surface area (Å²) in [5.74, 6) is 0.746.